The molecule has 3 heterocycles. The van der Waals surface area contributed by atoms with Crippen LogP contribution in [0, 0.1) is 11.6 Å². The first-order chi connectivity index (χ1) is 18.1. The molecule has 1 aromatic heterocycles. The summed E-state index contributed by atoms with van der Waals surface area (Å²) in [6, 6.07) is 5.99. The Bertz CT molecular complexity index is 1440. The Morgan fingerprint density at radius 2 is 1.92 bits per heavy atom. The monoisotopic (exact) mass is 564 g/mol. The predicted octanol–water partition coefficient (Wildman–Crippen LogP) is 2.72. The summed E-state index contributed by atoms with van der Waals surface area (Å²) in [5.41, 5.74) is -2.54. The van der Waals surface area contributed by atoms with Crippen LogP contribution in [0.3, 0.4) is 0 Å². The van der Waals surface area contributed by atoms with E-state index in [4.69, 9.17) is 4.74 Å². The number of anilines is 1. The van der Waals surface area contributed by atoms with Crippen molar-refractivity contribution in [3.8, 4) is 0 Å². The van der Waals surface area contributed by atoms with Crippen molar-refractivity contribution in [1.29, 1.82) is 0 Å². The molecule has 2 fully saturated rings. The smallest absolute Gasteiger partial charge is 0.437 e. The Hall–Kier alpha value is -3.65. The zero-order valence-electron chi connectivity index (χ0n) is 22.1. The molecular formula is C25H30F2N6O5S. The quantitative estimate of drug-likeness (QED) is 0.517. The summed E-state index contributed by atoms with van der Waals surface area (Å²) in [5, 5.41) is 8.65. The number of benzene rings is 1. The molecule has 2 aromatic rings. The minimum Gasteiger partial charge on any atom is -0.442 e. The standard InChI is InChI=1S/C25H30F2N6O5S/c1-23(2,3)38-22(35)31-21-32-24(4,25(10-11-28-14-25)39(36,37)33(21)5)17-12-16(7-8-18(17)27)30-20(34)19-9-6-15(26)13-29-19/h6-9,12-13,28H,10-11,14H2,1-5H3,(H,30,34)(H,31,32,35)/t24-,25+/m1/s1. The van der Waals surface area contributed by atoms with E-state index in [0.29, 0.717) is 6.54 Å². The third-order valence-corrected chi connectivity index (χ3v) is 9.49. The van der Waals surface area contributed by atoms with Gasteiger partial charge in [-0.1, -0.05) is 0 Å². The summed E-state index contributed by atoms with van der Waals surface area (Å²) in [6.07, 6.45) is -0.0108. The Morgan fingerprint density at radius 3 is 2.51 bits per heavy atom. The van der Waals surface area contributed by atoms with Crippen LogP contribution in [-0.4, -0.2) is 66.2 Å². The van der Waals surface area contributed by atoms with Gasteiger partial charge < -0.3 is 20.7 Å². The highest BCUT2D eigenvalue weighted by Gasteiger charge is 2.65. The highest BCUT2D eigenvalue weighted by atomic mass is 32.2. The van der Waals surface area contributed by atoms with E-state index in [9.17, 15) is 22.4 Å². The number of aromatic nitrogens is 1. The van der Waals surface area contributed by atoms with E-state index in [-0.39, 0.29) is 35.9 Å². The average Bonchev–Trinajstić information content (AvgIpc) is 3.35. The second-order valence-electron chi connectivity index (χ2n) is 10.6. The van der Waals surface area contributed by atoms with Crippen LogP contribution < -0.4 is 16.0 Å². The van der Waals surface area contributed by atoms with Crippen molar-refractivity contribution in [2.24, 2.45) is 4.99 Å². The Labute approximate surface area is 225 Å². The van der Waals surface area contributed by atoms with E-state index >= 15 is 4.39 Å². The molecule has 0 bridgehead atoms. The molecule has 2 atom stereocenters. The largest absolute Gasteiger partial charge is 0.442 e. The number of hydrogen-bond acceptors (Lipinski definition) is 7. The van der Waals surface area contributed by atoms with Crippen molar-refractivity contribution < 1.29 is 31.5 Å². The Kier molecular flexibility index (Phi) is 7.15. The predicted molar refractivity (Wildman–Crippen MR) is 140 cm³/mol. The van der Waals surface area contributed by atoms with E-state index in [1.165, 1.54) is 32.2 Å². The topological polar surface area (TPSA) is 142 Å². The van der Waals surface area contributed by atoms with E-state index in [2.05, 4.69) is 25.9 Å². The average molecular weight is 565 g/mol. The van der Waals surface area contributed by atoms with Gasteiger partial charge in [0.05, 0.1) is 11.7 Å². The summed E-state index contributed by atoms with van der Waals surface area (Å²) in [6.45, 7) is 6.76. The number of carbonyl (C=O) groups is 2. The lowest BCUT2D eigenvalue weighted by atomic mass is 9.77. The maximum absolute atomic E-state index is 15.5. The molecule has 0 aliphatic carbocycles. The normalized spacial score (nSPS) is 25.4. The van der Waals surface area contributed by atoms with Crippen LogP contribution in [0.25, 0.3) is 0 Å². The van der Waals surface area contributed by atoms with Gasteiger partial charge in [-0.25, -0.2) is 31.3 Å². The first kappa shape index (κ1) is 28.4. The van der Waals surface area contributed by atoms with Gasteiger partial charge in [0.2, 0.25) is 16.0 Å². The zero-order valence-corrected chi connectivity index (χ0v) is 22.9. The molecule has 1 aromatic carbocycles. The van der Waals surface area contributed by atoms with Gasteiger partial charge in [-0.05, 0) is 71.0 Å². The third kappa shape index (κ3) is 5.05. The van der Waals surface area contributed by atoms with Crippen LogP contribution in [0.1, 0.15) is 50.2 Å². The van der Waals surface area contributed by atoms with Crippen LogP contribution in [0.4, 0.5) is 19.3 Å². The number of aliphatic imine (C=N–C) groups is 1. The minimum atomic E-state index is -4.23. The second-order valence-corrected chi connectivity index (χ2v) is 12.8. The molecular weight excluding hydrogens is 534 g/mol. The highest BCUT2D eigenvalue weighted by molar-refractivity contribution is 7.91. The van der Waals surface area contributed by atoms with Gasteiger partial charge in [0.15, 0.2) is 0 Å². The molecule has 39 heavy (non-hydrogen) atoms. The molecule has 14 heteroatoms. The van der Waals surface area contributed by atoms with Crippen LogP contribution in [-0.2, 0) is 20.3 Å². The van der Waals surface area contributed by atoms with Gasteiger partial charge in [-0.3, -0.25) is 4.79 Å². The zero-order chi connectivity index (χ0) is 28.8. The fourth-order valence-corrected chi connectivity index (χ4v) is 7.00. The number of sulfonamides is 1. The molecule has 2 saturated heterocycles. The number of pyridine rings is 1. The minimum absolute atomic E-state index is 0.0155. The number of carbonyl (C=O) groups excluding carboxylic acids is 2. The fraction of sp³-hybridized carbons (Fsp3) is 0.440. The number of guanidine groups is 1. The third-order valence-electron chi connectivity index (χ3n) is 6.86. The summed E-state index contributed by atoms with van der Waals surface area (Å²) in [7, 11) is -2.97. The van der Waals surface area contributed by atoms with Crippen molar-refractivity contribution in [2.75, 3.05) is 25.5 Å². The van der Waals surface area contributed by atoms with Crippen LogP contribution in [0.15, 0.2) is 41.5 Å². The molecule has 0 saturated carbocycles. The van der Waals surface area contributed by atoms with E-state index < -0.39 is 49.5 Å². The molecule has 11 nitrogen and oxygen atoms in total. The number of nitrogens with zero attached hydrogens (tertiary/aromatic N) is 3. The van der Waals surface area contributed by atoms with E-state index in [1.807, 2.05) is 0 Å². The SMILES string of the molecule is CN1/C(=N/C(=O)OC(C)(C)C)N[C@](C)(c2cc(NC(=O)c3ccc(F)cn3)ccc2F)[C@@]2(CCNC2)S1(=O)=O. The maximum atomic E-state index is 15.5. The summed E-state index contributed by atoms with van der Waals surface area (Å²) in [4.78, 5) is 32.8. The van der Waals surface area contributed by atoms with Gasteiger partial charge >= 0.3 is 6.09 Å². The molecule has 210 valence electrons. The molecule has 4 rings (SSSR count). The first-order valence-electron chi connectivity index (χ1n) is 12.1. The van der Waals surface area contributed by atoms with Crippen molar-refractivity contribution in [1.82, 2.24) is 19.9 Å². The summed E-state index contributed by atoms with van der Waals surface area (Å²) in [5.74, 6) is -2.37. The summed E-state index contributed by atoms with van der Waals surface area (Å²) >= 11 is 0. The van der Waals surface area contributed by atoms with Crippen LogP contribution in [0.5, 0.6) is 0 Å². The highest BCUT2D eigenvalue weighted by Crippen LogP contribution is 2.48. The van der Waals surface area contributed by atoms with Crippen molar-refractivity contribution in [2.45, 2.75) is 50.0 Å². The number of hydrogen-bond donors (Lipinski definition) is 3. The Balaban J connectivity index is 1.80. The van der Waals surface area contributed by atoms with Gasteiger partial charge in [0, 0.05) is 24.8 Å². The number of halogens is 2. The van der Waals surface area contributed by atoms with Crippen LogP contribution in [0.2, 0.25) is 0 Å². The van der Waals surface area contributed by atoms with Crippen molar-refractivity contribution >= 4 is 33.7 Å². The maximum Gasteiger partial charge on any atom is 0.437 e. The molecule has 0 unspecified atom stereocenters. The van der Waals surface area contributed by atoms with Gasteiger partial charge in [-0.2, -0.15) is 0 Å². The molecule has 2 aliphatic heterocycles. The Morgan fingerprint density at radius 1 is 1.21 bits per heavy atom. The molecule has 0 radical (unpaired) electrons. The number of nitrogens with one attached hydrogen (secondary N) is 3. The van der Waals surface area contributed by atoms with Gasteiger partial charge in [0.25, 0.3) is 5.91 Å². The lowest BCUT2D eigenvalue weighted by molar-refractivity contribution is 0.0601. The lowest BCUT2D eigenvalue weighted by Gasteiger charge is -2.52. The van der Waals surface area contributed by atoms with Crippen molar-refractivity contribution in [3.05, 3.63) is 59.4 Å². The molecule has 1 spiro atoms. The number of rotatable bonds is 3. The van der Waals surface area contributed by atoms with Crippen LogP contribution >= 0.6 is 0 Å². The molecule has 2 aliphatic rings. The fourth-order valence-electron chi connectivity index (χ4n) is 4.84. The van der Waals surface area contributed by atoms with Gasteiger partial charge in [0.1, 0.15) is 27.7 Å². The van der Waals surface area contributed by atoms with Gasteiger partial charge in [-0.15, -0.1) is 4.99 Å². The second kappa shape index (κ2) is 9.83. The molecule has 2 amide bonds. The van der Waals surface area contributed by atoms with E-state index in [0.717, 1.165) is 22.6 Å². The lowest BCUT2D eigenvalue weighted by Crippen LogP contribution is -2.74. The number of amides is 2. The first-order valence-corrected chi connectivity index (χ1v) is 13.6. The molecule has 3 N–H and O–H groups in total. The number of ether oxygens (including phenoxy) is 1. The van der Waals surface area contributed by atoms with E-state index in [1.54, 1.807) is 20.8 Å². The summed E-state index contributed by atoms with van der Waals surface area (Å²) < 4.78 is 61.2. The van der Waals surface area contributed by atoms with Crippen molar-refractivity contribution in [3.63, 3.8) is 0 Å².